The third kappa shape index (κ3) is 4.70. The second-order valence-electron chi connectivity index (χ2n) is 5.85. The van der Waals surface area contributed by atoms with Gasteiger partial charge in [-0.1, -0.05) is 44.0 Å². The molecule has 26 heavy (non-hydrogen) atoms. The van der Waals surface area contributed by atoms with Crippen LogP contribution in [0.4, 0.5) is 0 Å². The molecule has 1 aromatic carbocycles. The Hall–Kier alpha value is -3.13. The Morgan fingerprint density at radius 1 is 1.27 bits per heavy atom. The third-order valence-electron chi connectivity index (χ3n) is 4.27. The van der Waals surface area contributed by atoms with E-state index >= 15 is 0 Å². The molecule has 0 aliphatic carbocycles. The number of carbonyl (C=O) groups is 2. The van der Waals surface area contributed by atoms with E-state index in [4.69, 9.17) is 11.2 Å². The molecular formula is C21H22N2O3. The minimum atomic E-state index is -0.700. The molecule has 0 bridgehead atoms. The molecule has 0 unspecified atom stereocenters. The molecule has 134 valence electrons. The van der Waals surface area contributed by atoms with Crippen molar-refractivity contribution in [3.05, 3.63) is 48.2 Å². The highest BCUT2D eigenvalue weighted by Gasteiger charge is 2.25. The summed E-state index contributed by atoms with van der Waals surface area (Å²) in [5, 5.41) is 3.73. The van der Waals surface area contributed by atoms with Crippen molar-refractivity contribution in [2.24, 2.45) is 0 Å². The first kappa shape index (κ1) is 19.2. The molecule has 0 aliphatic rings. The van der Waals surface area contributed by atoms with E-state index in [-0.39, 0.29) is 6.61 Å². The lowest BCUT2D eigenvalue weighted by atomic mass is 9.94. The Balaban J connectivity index is 1.95. The minimum absolute atomic E-state index is 0.375. The SMILES string of the molecule is C#CC(CC)(CC)NC(=O)COC(=O)/C=C/c1cccc2cccnc12. The number of pyridine rings is 1. The van der Waals surface area contributed by atoms with E-state index in [0.29, 0.717) is 12.8 Å². The fraction of sp³-hybridized carbons (Fsp3) is 0.286. The van der Waals surface area contributed by atoms with Gasteiger partial charge in [0.1, 0.15) is 5.54 Å². The summed E-state index contributed by atoms with van der Waals surface area (Å²) in [6, 6.07) is 9.49. The highest BCUT2D eigenvalue weighted by Crippen LogP contribution is 2.17. The van der Waals surface area contributed by atoms with Gasteiger partial charge < -0.3 is 10.1 Å². The Bertz CT molecular complexity index is 856. The highest BCUT2D eigenvalue weighted by atomic mass is 16.5. The fourth-order valence-electron chi connectivity index (χ4n) is 2.57. The molecule has 5 heteroatoms. The van der Waals surface area contributed by atoms with Crippen molar-refractivity contribution in [3.63, 3.8) is 0 Å². The number of esters is 1. The zero-order chi connectivity index (χ0) is 19.0. The monoisotopic (exact) mass is 350 g/mol. The molecular weight excluding hydrogens is 328 g/mol. The number of carbonyl (C=O) groups excluding carboxylic acids is 2. The van der Waals surface area contributed by atoms with E-state index < -0.39 is 17.4 Å². The smallest absolute Gasteiger partial charge is 0.331 e. The lowest BCUT2D eigenvalue weighted by molar-refractivity contribution is -0.144. The average molecular weight is 350 g/mol. The molecule has 0 saturated heterocycles. The van der Waals surface area contributed by atoms with Crippen molar-refractivity contribution < 1.29 is 14.3 Å². The van der Waals surface area contributed by atoms with Crippen LogP contribution < -0.4 is 5.32 Å². The van der Waals surface area contributed by atoms with Crippen LogP contribution in [0.1, 0.15) is 32.3 Å². The summed E-state index contributed by atoms with van der Waals surface area (Å²) in [4.78, 5) is 28.2. The Morgan fingerprint density at radius 2 is 2.00 bits per heavy atom. The number of benzene rings is 1. The Morgan fingerprint density at radius 3 is 2.69 bits per heavy atom. The number of para-hydroxylation sites is 1. The normalized spacial score (nSPS) is 11.3. The van der Waals surface area contributed by atoms with Gasteiger partial charge in [0, 0.05) is 23.2 Å². The van der Waals surface area contributed by atoms with Crippen LogP contribution in [0.25, 0.3) is 17.0 Å². The standard InChI is InChI=1S/C21H22N2O3/c1-4-21(5-2,6-3)23-18(24)15-26-19(25)13-12-17-10-7-9-16-11-8-14-22-20(16)17/h1,7-14H,5-6,15H2,2-3H3,(H,23,24)/b13-12+. The van der Waals surface area contributed by atoms with Gasteiger partial charge in [-0.15, -0.1) is 6.42 Å². The van der Waals surface area contributed by atoms with Crippen molar-refractivity contribution >= 4 is 28.9 Å². The lowest BCUT2D eigenvalue weighted by Gasteiger charge is -2.26. The molecule has 0 radical (unpaired) electrons. The summed E-state index contributed by atoms with van der Waals surface area (Å²) in [7, 11) is 0. The Labute approximate surface area is 153 Å². The van der Waals surface area contributed by atoms with E-state index in [9.17, 15) is 9.59 Å². The highest BCUT2D eigenvalue weighted by molar-refractivity contribution is 5.93. The van der Waals surface area contributed by atoms with Gasteiger partial charge in [-0.25, -0.2) is 4.79 Å². The summed E-state index contributed by atoms with van der Waals surface area (Å²) < 4.78 is 4.99. The molecule has 0 spiro atoms. The van der Waals surface area contributed by atoms with Crippen molar-refractivity contribution in [1.29, 1.82) is 0 Å². The number of rotatable bonds is 7. The molecule has 1 heterocycles. The first-order valence-corrected chi connectivity index (χ1v) is 8.51. The van der Waals surface area contributed by atoms with E-state index in [1.807, 2.05) is 44.2 Å². The number of aromatic nitrogens is 1. The van der Waals surface area contributed by atoms with E-state index in [2.05, 4.69) is 16.2 Å². The van der Waals surface area contributed by atoms with Gasteiger partial charge in [-0.2, -0.15) is 0 Å². The predicted octanol–water partition coefficient (Wildman–Crippen LogP) is 3.10. The molecule has 0 aliphatic heterocycles. The summed E-state index contributed by atoms with van der Waals surface area (Å²) in [6.45, 7) is 3.42. The summed E-state index contributed by atoms with van der Waals surface area (Å²) in [5.41, 5.74) is 0.892. The van der Waals surface area contributed by atoms with Gasteiger partial charge in [0.25, 0.3) is 5.91 Å². The average Bonchev–Trinajstić information content (AvgIpc) is 2.69. The number of ether oxygens (including phenoxy) is 1. The first-order chi connectivity index (χ1) is 12.5. The van der Waals surface area contributed by atoms with E-state index in [1.165, 1.54) is 6.08 Å². The van der Waals surface area contributed by atoms with Crippen LogP contribution in [-0.4, -0.2) is 29.0 Å². The Kier molecular flexibility index (Phi) is 6.51. The third-order valence-corrected chi connectivity index (χ3v) is 4.27. The van der Waals surface area contributed by atoms with Crippen LogP contribution in [0.15, 0.2) is 42.6 Å². The summed E-state index contributed by atoms with van der Waals surface area (Å²) >= 11 is 0. The van der Waals surface area contributed by atoms with Crippen LogP contribution in [-0.2, 0) is 14.3 Å². The molecule has 1 amide bonds. The maximum absolute atomic E-state index is 12.0. The molecule has 5 nitrogen and oxygen atoms in total. The maximum atomic E-state index is 12.0. The van der Waals surface area contributed by atoms with E-state index in [0.717, 1.165) is 16.5 Å². The first-order valence-electron chi connectivity index (χ1n) is 8.51. The summed E-state index contributed by atoms with van der Waals surface area (Å²) in [5.74, 6) is 1.58. The van der Waals surface area contributed by atoms with Gasteiger partial charge in [0.05, 0.1) is 5.52 Å². The second kappa shape index (κ2) is 8.82. The maximum Gasteiger partial charge on any atom is 0.331 e. The van der Waals surface area contributed by atoms with Crippen LogP contribution in [0.2, 0.25) is 0 Å². The second-order valence-corrected chi connectivity index (χ2v) is 5.85. The molecule has 0 fully saturated rings. The van der Waals surface area contributed by atoms with Crippen molar-refractivity contribution in [2.75, 3.05) is 6.61 Å². The number of fused-ring (bicyclic) bond motifs is 1. The van der Waals surface area contributed by atoms with Crippen molar-refractivity contribution in [2.45, 2.75) is 32.2 Å². The quantitative estimate of drug-likeness (QED) is 0.473. The largest absolute Gasteiger partial charge is 0.452 e. The van der Waals surface area contributed by atoms with Crippen LogP contribution >= 0.6 is 0 Å². The molecule has 1 N–H and O–H groups in total. The molecule has 0 saturated carbocycles. The number of terminal acetylenes is 1. The fourth-order valence-corrected chi connectivity index (χ4v) is 2.57. The van der Waals surface area contributed by atoms with Gasteiger partial charge in [-0.3, -0.25) is 9.78 Å². The summed E-state index contributed by atoms with van der Waals surface area (Å²) in [6.07, 6.45) is 11.3. The van der Waals surface area contributed by atoms with Crippen LogP contribution in [0, 0.1) is 12.3 Å². The van der Waals surface area contributed by atoms with Crippen LogP contribution in [0.3, 0.4) is 0 Å². The van der Waals surface area contributed by atoms with Gasteiger partial charge in [0.15, 0.2) is 6.61 Å². The van der Waals surface area contributed by atoms with Gasteiger partial charge >= 0.3 is 5.97 Å². The number of hydrogen-bond donors (Lipinski definition) is 1. The molecule has 0 atom stereocenters. The lowest BCUT2D eigenvalue weighted by Crippen LogP contribution is -2.48. The van der Waals surface area contributed by atoms with Crippen molar-refractivity contribution in [3.8, 4) is 12.3 Å². The zero-order valence-electron chi connectivity index (χ0n) is 15.0. The van der Waals surface area contributed by atoms with Crippen molar-refractivity contribution in [1.82, 2.24) is 10.3 Å². The molecule has 2 rings (SSSR count). The zero-order valence-corrected chi connectivity index (χ0v) is 15.0. The van der Waals surface area contributed by atoms with Gasteiger partial charge in [0.2, 0.25) is 0 Å². The molecule has 1 aromatic heterocycles. The van der Waals surface area contributed by atoms with Crippen LogP contribution in [0.5, 0.6) is 0 Å². The predicted molar refractivity (Wildman–Crippen MR) is 102 cm³/mol. The number of nitrogens with one attached hydrogen (secondary N) is 1. The van der Waals surface area contributed by atoms with E-state index in [1.54, 1.807) is 12.3 Å². The number of nitrogens with zero attached hydrogens (tertiary/aromatic N) is 1. The topological polar surface area (TPSA) is 68.3 Å². The number of amides is 1. The van der Waals surface area contributed by atoms with Gasteiger partial charge in [-0.05, 0) is 25.0 Å². The molecule has 2 aromatic rings. The minimum Gasteiger partial charge on any atom is -0.452 e. The number of hydrogen-bond acceptors (Lipinski definition) is 4.